The fourth-order valence-electron chi connectivity index (χ4n) is 3.98. The van der Waals surface area contributed by atoms with Crippen LogP contribution < -0.4 is 20.1 Å². The van der Waals surface area contributed by atoms with E-state index in [9.17, 15) is 0 Å². The summed E-state index contributed by atoms with van der Waals surface area (Å²) in [6, 6.07) is 16.6. The summed E-state index contributed by atoms with van der Waals surface area (Å²) in [5.74, 6) is 2.56. The number of rotatable bonds is 11. The average Bonchev–Trinajstić information content (AvgIpc) is 3.37. The minimum Gasteiger partial charge on any atom is -0.496 e. The number of aliphatic imine (C=N–C) groups is 1. The van der Waals surface area contributed by atoms with Crippen LogP contribution in [0.5, 0.6) is 11.5 Å². The monoisotopic (exact) mass is 568 g/mol. The van der Waals surface area contributed by atoms with E-state index in [0.29, 0.717) is 19.8 Å². The summed E-state index contributed by atoms with van der Waals surface area (Å²) in [6.45, 7) is 4.78. The molecule has 1 unspecified atom stereocenters. The van der Waals surface area contributed by atoms with E-state index in [4.69, 9.17) is 14.2 Å². The quantitative estimate of drug-likeness (QED) is 0.186. The highest BCUT2D eigenvalue weighted by Gasteiger charge is 2.26. The van der Waals surface area contributed by atoms with Crippen molar-refractivity contribution in [3.63, 3.8) is 0 Å². The Labute approximate surface area is 214 Å². The smallest absolute Gasteiger partial charge is 0.191 e. The maximum absolute atomic E-state index is 5.65. The lowest BCUT2D eigenvalue weighted by atomic mass is 10.0. The number of likely N-dealkylation sites (tertiary alicyclic amines) is 1. The van der Waals surface area contributed by atoms with Crippen LogP contribution >= 0.6 is 24.0 Å². The first kappa shape index (κ1) is 27.2. The molecule has 1 fully saturated rings. The van der Waals surface area contributed by atoms with Gasteiger partial charge in [-0.1, -0.05) is 30.3 Å². The summed E-state index contributed by atoms with van der Waals surface area (Å²) in [4.78, 5) is 6.94. The first-order chi connectivity index (χ1) is 15.7. The Balaban J connectivity index is 0.00000385. The molecule has 1 saturated heterocycles. The van der Waals surface area contributed by atoms with Crippen molar-refractivity contribution in [2.45, 2.75) is 25.4 Å². The maximum atomic E-state index is 5.65. The van der Waals surface area contributed by atoms with Crippen LogP contribution in [-0.4, -0.2) is 65.0 Å². The number of para-hydroxylation sites is 1. The normalized spacial score (nSPS) is 14.9. The van der Waals surface area contributed by atoms with Gasteiger partial charge in [-0.25, -0.2) is 0 Å². The second-order valence-electron chi connectivity index (χ2n) is 7.79. The predicted octanol–water partition coefficient (Wildman–Crippen LogP) is 3.84. The van der Waals surface area contributed by atoms with Crippen LogP contribution in [0, 0.1) is 0 Å². The predicted molar refractivity (Wildman–Crippen MR) is 144 cm³/mol. The zero-order valence-electron chi connectivity index (χ0n) is 19.9. The third-order valence-electron chi connectivity index (χ3n) is 5.71. The third kappa shape index (κ3) is 8.35. The summed E-state index contributed by atoms with van der Waals surface area (Å²) in [5, 5.41) is 6.93. The first-order valence-corrected chi connectivity index (χ1v) is 11.3. The number of benzene rings is 2. The highest BCUT2D eigenvalue weighted by atomic mass is 127. The lowest BCUT2D eigenvalue weighted by Gasteiger charge is -2.30. The fraction of sp³-hybridized carbons (Fsp3) is 0.480. The number of hydrogen-bond donors (Lipinski definition) is 2. The summed E-state index contributed by atoms with van der Waals surface area (Å²) < 4.78 is 16.3. The van der Waals surface area contributed by atoms with Crippen molar-refractivity contribution in [2.75, 3.05) is 54.1 Å². The van der Waals surface area contributed by atoms with Gasteiger partial charge in [0.2, 0.25) is 0 Å². The molecule has 7 nitrogen and oxygen atoms in total. The summed E-state index contributed by atoms with van der Waals surface area (Å²) in [7, 11) is 5.21. The Hall–Kier alpha value is -2.04. The van der Waals surface area contributed by atoms with Crippen LogP contribution in [0.25, 0.3) is 0 Å². The highest BCUT2D eigenvalue weighted by Crippen LogP contribution is 2.31. The van der Waals surface area contributed by atoms with Gasteiger partial charge in [-0.3, -0.25) is 9.89 Å². The Morgan fingerprint density at radius 3 is 2.39 bits per heavy atom. The van der Waals surface area contributed by atoms with E-state index in [0.717, 1.165) is 42.7 Å². The third-order valence-corrected chi connectivity index (χ3v) is 5.71. The van der Waals surface area contributed by atoms with Gasteiger partial charge >= 0.3 is 0 Å². The molecule has 1 atom stereocenters. The van der Waals surface area contributed by atoms with Crippen LogP contribution in [0.2, 0.25) is 0 Å². The van der Waals surface area contributed by atoms with Gasteiger partial charge in [0.05, 0.1) is 19.8 Å². The number of hydrogen-bond acceptors (Lipinski definition) is 5. The minimum absolute atomic E-state index is 0. The van der Waals surface area contributed by atoms with Crippen LogP contribution in [-0.2, 0) is 11.3 Å². The molecule has 0 aliphatic carbocycles. The van der Waals surface area contributed by atoms with E-state index < -0.39 is 0 Å². The number of methoxy groups -OCH3 is 2. The second-order valence-corrected chi connectivity index (χ2v) is 7.79. The van der Waals surface area contributed by atoms with E-state index in [1.165, 1.54) is 18.4 Å². The Morgan fingerprint density at radius 1 is 1.00 bits per heavy atom. The van der Waals surface area contributed by atoms with Crippen molar-refractivity contribution in [3.05, 3.63) is 59.7 Å². The molecular weight excluding hydrogens is 531 g/mol. The zero-order chi connectivity index (χ0) is 22.6. The lowest BCUT2D eigenvalue weighted by Crippen LogP contribution is -2.42. The Bertz CT molecular complexity index is 842. The molecular formula is C25H37IN4O3. The van der Waals surface area contributed by atoms with Gasteiger partial charge in [0.15, 0.2) is 5.96 Å². The second kappa shape index (κ2) is 15.0. The molecule has 8 heteroatoms. The highest BCUT2D eigenvalue weighted by molar-refractivity contribution is 14.0. The van der Waals surface area contributed by atoms with Gasteiger partial charge in [-0.15, -0.1) is 24.0 Å². The van der Waals surface area contributed by atoms with Crippen molar-refractivity contribution in [2.24, 2.45) is 4.99 Å². The molecule has 0 saturated carbocycles. The molecule has 0 spiro atoms. The number of guanidine groups is 1. The molecule has 1 aliphatic rings. The van der Waals surface area contributed by atoms with Crippen molar-refractivity contribution in [1.29, 1.82) is 0 Å². The van der Waals surface area contributed by atoms with E-state index >= 15 is 0 Å². The van der Waals surface area contributed by atoms with E-state index in [-0.39, 0.29) is 30.0 Å². The van der Waals surface area contributed by atoms with Crippen LogP contribution in [0.4, 0.5) is 0 Å². The number of halogens is 1. The summed E-state index contributed by atoms with van der Waals surface area (Å²) >= 11 is 0. The molecule has 0 radical (unpaired) electrons. The van der Waals surface area contributed by atoms with E-state index in [1.54, 1.807) is 21.3 Å². The Kier molecular flexibility index (Phi) is 12.3. The van der Waals surface area contributed by atoms with Crippen LogP contribution in [0.1, 0.15) is 30.0 Å². The number of nitrogens with one attached hydrogen (secondary N) is 2. The summed E-state index contributed by atoms with van der Waals surface area (Å²) in [6.07, 6.45) is 2.48. The molecule has 2 aromatic rings. The molecule has 0 amide bonds. The van der Waals surface area contributed by atoms with Crippen molar-refractivity contribution in [3.8, 4) is 11.5 Å². The largest absolute Gasteiger partial charge is 0.496 e. The van der Waals surface area contributed by atoms with Crippen molar-refractivity contribution >= 4 is 29.9 Å². The van der Waals surface area contributed by atoms with Crippen molar-refractivity contribution < 1.29 is 14.2 Å². The zero-order valence-corrected chi connectivity index (χ0v) is 22.2. The number of ether oxygens (including phenoxy) is 3. The lowest BCUT2D eigenvalue weighted by molar-refractivity contribution is 0.146. The molecule has 0 bridgehead atoms. The first-order valence-electron chi connectivity index (χ1n) is 11.3. The fourth-order valence-corrected chi connectivity index (χ4v) is 3.98. The van der Waals surface area contributed by atoms with Gasteiger partial charge in [0.25, 0.3) is 0 Å². The molecule has 182 valence electrons. The molecule has 0 aromatic heterocycles. The topological polar surface area (TPSA) is 67.4 Å². The average molecular weight is 569 g/mol. The van der Waals surface area contributed by atoms with Crippen LogP contribution in [0.3, 0.4) is 0 Å². The van der Waals surface area contributed by atoms with Gasteiger partial charge in [0.1, 0.15) is 18.1 Å². The van der Waals surface area contributed by atoms with Gasteiger partial charge in [0, 0.05) is 32.8 Å². The molecule has 1 aliphatic heterocycles. The summed E-state index contributed by atoms with van der Waals surface area (Å²) in [5.41, 5.74) is 2.37. The molecule has 3 rings (SSSR count). The van der Waals surface area contributed by atoms with Gasteiger partial charge in [-0.05, 0) is 49.7 Å². The van der Waals surface area contributed by atoms with Gasteiger partial charge < -0.3 is 24.8 Å². The molecule has 1 heterocycles. The van der Waals surface area contributed by atoms with Gasteiger partial charge in [-0.2, -0.15) is 0 Å². The van der Waals surface area contributed by atoms with Crippen molar-refractivity contribution in [1.82, 2.24) is 15.5 Å². The van der Waals surface area contributed by atoms with Crippen LogP contribution in [0.15, 0.2) is 53.5 Å². The molecule has 2 N–H and O–H groups in total. The Morgan fingerprint density at radius 2 is 1.73 bits per heavy atom. The number of nitrogens with zero attached hydrogens (tertiary/aromatic N) is 2. The minimum atomic E-state index is 0. The molecule has 33 heavy (non-hydrogen) atoms. The maximum Gasteiger partial charge on any atom is 0.191 e. The van der Waals surface area contributed by atoms with E-state index in [2.05, 4.69) is 44.8 Å². The SMILES string of the molecule is CN=C(NCc1ccc(OCCOC)cc1)NCC(c1ccccc1OC)N1CCCC1.I. The molecule has 2 aromatic carbocycles. The van der Waals surface area contributed by atoms with E-state index in [1.807, 2.05) is 24.3 Å². The standard InChI is InChI=1S/C25H36N4O3.HI/c1-26-25(27-18-20-10-12-21(13-11-20)32-17-16-30-2)28-19-23(29-14-6-7-15-29)22-8-4-5-9-24(22)31-3;/h4-5,8-13,23H,6-7,14-19H2,1-3H3,(H2,26,27,28);1H.